The van der Waals surface area contributed by atoms with Crippen molar-refractivity contribution in [3.05, 3.63) is 60.9 Å². The van der Waals surface area contributed by atoms with E-state index in [0.29, 0.717) is 11.6 Å². The number of benzene rings is 1. The molecule has 7 heteroatoms. The van der Waals surface area contributed by atoms with Gasteiger partial charge >= 0.3 is 0 Å². The zero-order valence-corrected chi connectivity index (χ0v) is 22.4. The summed E-state index contributed by atoms with van der Waals surface area (Å²) < 4.78 is 1.86. The van der Waals surface area contributed by atoms with Gasteiger partial charge in [-0.15, -0.1) is 0 Å². The van der Waals surface area contributed by atoms with Crippen molar-refractivity contribution in [2.45, 2.75) is 62.3 Å². The number of rotatable bonds is 4. The maximum atomic E-state index is 5.97. The number of anilines is 2. The zero-order chi connectivity index (χ0) is 25.2. The molecular formula is C27H42BN6. The van der Waals surface area contributed by atoms with E-state index in [0.717, 1.165) is 34.6 Å². The van der Waals surface area contributed by atoms with E-state index in [9.17, 15) is 0 Å². The van der Waals surface area contributed by atoms with Crippen LogP contribution in [0.1, 0.15) is 62.3 Å². The van der Waals surface area contributed by atoms with Crippen LogP contribution in [0.15, 0.2) is 60.9 Å². The van der Waals surface area contributed by atoms with E-state index in [4.69, 9.17) is 10.8 Å². The van der Waals surface area contributed by atoms with Gasteiger partial charge in [-0.1, -0.05) is 73.6 Å². The second-order valence-electron chi connectivity index (χ2n) is 5.68. The number of nitrogens with zero attached hydrogens (tertiary/aromatic N) is 4. The van der Waals surface area contributed by atoms with Gasteiger partial charge in [-0.05, 0) is 37.3 Å². The monoisotopic (exact) mass is 461 g/mol. The van der Waals surface area contributed by atoms with Crippen LogP contribution in [0.5, 0.6) is 0 Å². The van der Waals surface area contributed by atoms with Crippen LogP contribution in [0.3, 0.4) is 0 Å². The van der Waals surface area contributed by atoms with Gasteiger partial charge < -0.3 is 11.1 Å². The first-order valence-electron chi connectivity index (χ1n) is 12.2. The van der Waals surface area contributed by atoms with E-state index >= 15 is 0 Å². The summed E-state index contributed by atoms with van der Waals surface area (Å²) in [6, 6.07) is 15.6. The maximum Gasteiger partial charge on any atom is 0.223 e. The second kappa shape index (κ2) is 19.2. The van der Waals surface area contributed by atoms with Crippen LogP contribution in [-0.4, -0.2) is 34.5 Å². The molecule has 0 saturated carbocycles. The second-order valence-corrected chi connectivity index (χ2v) is 5.68. The number of fused-ring (bicyclic) bond motifs is 1. The predicted molar refractivity (Wildman–Crippen MR) is 151 cm³/mol. The minimum atomic E-state index is 0. The highest BCUT2D eigenvalue weighted by Crippen LogP contribution is 2.34. The lowest BCUT2D eigenvalue weighted by atomic mass is 10.0. The Kier molecular flexibility index (Phi) is 18.5. The fraction of sp³-hybridized carbons (Fsp3) is 0.370. The summed E-state index contributed by atoms with van der Waals surface area (Å²) in [5, 5.41) is 7.91. The minimum absolute atomic E-state index is 0. The third-order valence-corrected chi connectivity index (χ3v) is 3.95. The van der Waals surface area contributed by atoms with E-state index in [1.54, 1.807) is 6.20 Å². The van der Waals surface area contributed by atoms with Crippen LogP contribution >= 0.6 is 0 Å². The summed E-state index contributed by atoms with van der Waals surface area (Å²) in [6.45, 7) is 18.8. The molecule has 3 radical (unpaired) electrons. The first kappa shape index (κ1) is 32.8. The molecular weight excluding hydrogens is 419 g/mol. The van der Waals surface area contributed by atoms with Gasteiger partial charge in [-0.2, -0.15) is 5.10 Å². The van der Waals surface area contributed by atoms with Gasteiger partial charge in [-0.25, -0.2) is 14.5 Å². The van der Waals surface area contributed by atoms with Crippen molar-refractivity contribution in [3.63, 3.8) is 0 Å². The summed E-state index contributed by atoms with van der Waals surface area (Å²) in [6.07, 6.45) is 3.69. The lowest BCUT2D eigenvalue weighted by Gasteiger charge is -2.06. The number of pyridine rings is 1. The van der Waals surface area contributed by atoms with Gasteiger partial charge in [0.1, 0.15) is 5.69 Å². The zero-order valence-electron chi connectivity index (χ0n) is 22.4. The van der Waals surface area contributed by atoms with E-state index in [2.05, 4.69) is 15.3 Å². The number of hydrogen-bond donors (Lipinski definition) is 2. The molecule has 1 aromatic carbocycles. The normalized spacial score (nSPS) is 8.74. The van der Waals surface area contributed by atoms with Gasteiger partial charge in [0.15, 0.2) is 0 Å². The molecule has 4 rings (SSSR count). The molecule has 34 heavy (non-hydrogen) atoms. The van der Waals surface area contributed by atoms with Crippen LogP contribution < -0.4 is 11.1 Å². The Hall–Kier alpha value is -3.35. The van der Waals surface area contributed by atoms with Crippen molar-refractivity contribution >= 4 is 25.6 Å². The third-order valence-electron chi connectivity index (χ3n) is 3.95. The van der Waals surface area contributed by atoms with Crippen molar-refractivity contribution in [2.24, 2.45) is 0 Å². The molecule has 4 aromatic rings. The largest absolute Gasteiger partial charge is 0.399 e. The van der Waals surface area contributed by atoms with Crippen LogP contribution in [0, 0.1) is 0 Å². The van der Waals surface area contributed by atoms with Crippen molar-refractivity contribution in [1.29, 1.82) is 0 Å². The smallest absolute Gasteiger partial charge is 0.223 e. The van der Waals surface area contributed by atoms with Gasteiger partial charge in [0.25, 0.3) is 0 Å². The van der Waals surface area contributed by atoms with Crippen LogP contribution in [0.25, 0.3) is 28.0 Å². The summed E-state index contributed by atoms with van der Waals surface area (Å²) in [5.74, 6) is 0.605. The molecule has 0 amide bonds. The van der Waals surface area contributed by atoms with Gasteiger partial charge in [-0.3, -0.25) is 0 Å². The Labute approximate surface area is 208 Å². The Morgan fingerprint density at radius 2 is 1.56 bits per heavy atom. The fourth-order valence-electron chi connectivity index (χ4n) is 2.88. The summed E-state index contributed by atoms with van der Waals surface area (Å²) in [4.78, 5) is 8.92. The first-order valence-corrected chi connectivity index (χ1v) is 12.2. The molecule has 0 atom stereocenters. The minimum Gasteiger partial charge on any atom is -0.399 e. The number of hydrogen-bond acceptors (Lipinski definition) is 5. The van der Waals surface area contributed by atoms with E-state index < -0.39 is 0 Å². The molecule has 3 heterocycles. The standard InChI is InChI=1S/C19H18N6.4C2H6.B/c1-2-21-19-22-10-9-15(23-19)17-16-8-3-4-11-25(16)24-18(17)13-6-5-7-14(20)12-13;4*1-2;/h3-12H,2,20H2,1H3,(H,21,22,23);4*1-2H3;. The van der Waals surface area contributed by atoms with Gasteiger partial charge in [0.05, 0.1) is 16.8 Å². The molecule has 183 valence electrons. The van der Waals surface area contributed by atoms with Crippen molar-refractivity contribution in [3.8, 4) is 22.5 Å². The number of aromatic nitrogens is 4. The van der Waals surface area contributed by atoms with E-state index in [1.807, 2.05) is 122 Å². The SMILES string of the molecule is CC.CC.CC.CC.CCNc1nccc(-c2c(-c3cccc(N)c3)nn3ccccc23)n1.[B]. The highest BCUT2D eigenvalue weighted by Gasteiger charge is 2.18. The molecule has 0 unspecified atom stereocenters. The van der Waals surface area contributed by atoms with Crippen molar-refractivity contribution < 1.29 is 0 Å². The first-order chi connectivity index (χ1) is 16.3. The molecule has 0 saturated heterocycles. The third kappa shape index (κ3) is 8.54. The number of nitrogen functional groups attached to an aromatic ring is 1. The Morgan fingerprint density at radius 1 is 0.882 bits per heavy atom. The van der Waals surface area contributed by atoms with E-state index in [-0.39, 0.29) is 8.41 Å². The number of nitrogens with two attached hydrogens (primary N) is 1. The quantitative estimate of drug-likeness (QED) is 0.248. The topological polar surface area (TPSA) is 81.1 Å². The summed E-state index contributed by atoms with van der Waals surface area (Å²) in [7, 11) is 0. The molecule has 6 nitrogen and oxygen atoms in total. The summed E-state index contributed by atoms with van der Waals surface area (Å²) >= 11 is 0. The summed E-state index contributed by atoms with van der Waals surface area (Å²) in [5.41, 5.74) is 11.3. The average molecular weight is 461 g/mol. The highest BCUT2D eigenvalue weighted by molar-refractivity contribution is 5.91. The van der Waals surface area contributed by atoms with Crippen LogP contribution in [-0.2, 0) is 0 Å². The van der Waals surface area contributed by atoms with Crippen molar-refractivity contribution in [2.75, 3.05) is 17.6 Å². The Bertz CT molecular complexity index is 1050. The molecule has 0 spiro atoms. The Balaban J connectivity index is 0. The van der Waals surface area contributed by atoms with Crippen LogP contribution in [0.2, 0.25) is 0 Å². The van der Waals surface area contributed by atoms with Gasteiger partial charge in [0.2, 0.25) is 5.95 Å². The van der Waals surface area contributed by atoms with Gasteiger partial charge in [0, 0.05) is 38.6 Å². The Morgan fingerprint density at radius 3 is 2.18 bits per heavy atom. The van der Waals surface area contributed by atoms with Crippen LogP contribution in [0.4, 0.5) is 11.6 Å². The molecule has 0 aliphatic heterocycles. The van der Waals surface area contributed by atoms with E-state index in [1.165, 1.54) is 0 Å². The molecule has 0 fully saturated rings. The lowest BCUT2D eigenvalue weighted by molar-refractivity contribution is 0.966. The maximum absolute atomic E-state index is 5.97. The fourth-order valence-corrected chi connectivity index (χ4v) is 2.88. The molecule has 0 aliphatic rings. The number of nitrogens with one attached hydrogen (secondary N) is 1. The van der Waals surface area contributed by atoms with Crippen molar-refractivity contribution in [1.82, 2.24) is 19.6 Å². The predicted octanol–water partition coefficient (Wildman–Crippen LogP) is 7.20. The molecule has 3 aromatic heterocycles. The highest BCUT2D eigenvalue weighted by atomic mass is 15.2. The molecule has 0 aliphatic carbocycles. The molecule has 0 bridgehead atoms. The molecule has 3 N–H and O–H groups in total. The average Bonchev–Trinajstić information content (AvgIpc) is 3.29. The lowest BCUT2D eigenvalue weighted by Crippen LogP contribution is -2.02.